The number of hydrogen-bond acceptors (Lipinski definition) is 1. The number of benzene rings is 2. The van der Waals surface area contributed by atoms with Crippen LogP contribution in [0.5, 0.6) is 0 Å². The Bertz CT molecular complexity index is 386. The normalized spacial score (nSPS) is 12.3. The maximum absolute atomic E-state index is 2.40. The second kappa shape index (κ2) is 4.99. The van der Waals surface area contributed by atoms with E-state index < -0.39 is 0 Å². The number of rotatable bonds is 3. The molecule has 0 saturated carbocycles. The largest absolute Gasteiger partial charge is 0.343 e. The number of anilines is 2. The summed E-state index contributed by atoms with van der Waals surface area (Å²) in [5.74, 6) is 0. The molecule has 0 saturated heterocycles. The first-order chi connectivity index (χ1) is 7.79. The summed E-state index contributed by atoms with van der Waals surface area (Å²) in [5.41, 5.74) is 3.14. The van der Waals surface area contributed by atoms with E-state index >= 15 is 0 Å². The molecule has 0 aromatic heterocycles. The van der Waals surface area contributed by atoms with Gasteiger partial charge in [-0.1, -0.05) is 36.4 Å². The zero-order valence-electron chi connectivity index (χ0n) is 9.80. The van der Waals surface area contributed by atoms with Gasteiger partial charge in [-0.2, -0.15) is 0 Å². The van der Waals surface area contributed by atoms with Gasteiger partial charge < -0.3 is 4.90 Å². The van der Waals surface area contributed by atoms with E-state index in [-0.39, 0.29) is 0 Å². The fourth-order valence-electron chi connectivity index (χ4n) is 1.92. The van der Waals surface area contributed by atoms with Crippen LogP contribution in [0.2, 0.25) is 0 Å². The van der Waals surface area contributed by atoms with Gasteiger partial charge in [0, 0.05) is 27.3 Å². The minimum Gasteiger partial charge on any atom is -0.343 e. The molecule has 0 spiro atoms. The van der Waals surface area contributed by atoms with E-state index in [1.165, 1.54) is 11.4 Å². The van der Waals surface area contributed by atoms with Gasteiger partial charge in [-0.05, 0) is 31.2 Å². The number of nitrogens with zero attached hydrogens (tertiary/aromatic N) is 1. The van der Waals surface area contributed by atoms with E-state index in [0.29, 0.717) is 5.67 Å². The van der Waals surface area contributed by atoms with Gasteiger partial charge in [-0.25, -0.2) is 0 Å². The van der Waals surface area contributed by atoms with Crippen LogP contribution in [0.4, 0.5) is 11.4 Å². The van der Waals surface area contributed by atoms with Gasteiger partial charge >= 0.3 is 0 Å². The lowest BCUT2D eigenvalue weighted by Gasteiger charge is -2.29. The lowest BCUT2D eigenvalue weighted by Crippen LogP contribution is -2.28. The van der Waals surface area contributed by atoms with Gasteiger partial charge in [0.25, 0.3) is 0 Å². The van der Waals surface area contributed by atoms with Crippen LogP contribution in [-0.2, 0) is 0 Å². The maximum atomic E-state index is 2.40. The Kier molecular flexibility index (Phi) is 3.42. The maximum Gasteiger partial charge on any atom is 0.0410 e. The van der Waals surface area contributed by atoms with Crippen molar-refractivity contribution >= 4 is 21.6 Å². The quantitative estimate of drug-likeness (QED) is 0.728. The Labute approximate surface area is 100 Å². The second-order valence-electron chi connectivity index (χ2n) is 4.13. The Morgan fingerprint density at radius 2 is 1.19 bits per heavy atom. The molecule has 82 valence electrons. The fourth-order valence-corrected chi connectivity index (χ4v) is 2.52. The molecule has 2 rings (SSSR count). The molecule has 1 unspecified atom stereocenters. The molecule has 0 amide bonds. The van der Waals surface area contributed by atoms with Crippen LogP contribution in [-0.4, -0.2) is 15.9 Å². The van der Waals surface area contributed by atoms with E-state index in [9.17, 15) is 0 Å². The lowest BCUT2D eigenvalue weighted by molar-refractivity contribution is 0.945. The van der Waals surface area contributed by atoms with Gasteiger partial charge in [0.1, 0.15) is 0 Å². The summed E-state index contributed by atoms with van der Waals surface area (Å²) >= 11 is 0. The Morgan fingerprint density at radius 3 is 1.50 bits per heavy atom. The van der Waals surface area contributed by atoms with E-state index in [0.717, 1.165) is 10.2 Å². The molecular formula is C14H17NSi. The van der Waals surface area contributed by atoms with Crippen molar-refractivity contribution < 1.29 is 0 Å². The molecule has 0 radical (unpaired) electrons. The first-order valence-corrected chi connectivity index (χ1v) is 6.84. The van der Waals surface area contributed by atoms with Gasteiger partial charge in [-0.3, -0.25) is 0 Å². The van der Waals surface area contributed by atoms with E-state index in [1.54, 1.807) is 0 Å². The topological polar surface area (TPSA) is 3.24 Å². The minimum absolute atomic E-state index is 0.588. The summed E-state index contributed by atoms with van der Waals surface area (Å²) in [6, 6.07) is 21.2. The van der Waals surface area contributed by atoms with Crippen LogP contribution in [0.25, 0.3) is 0 Å². The zero-order valence-corrected chi connectivity index (χ0v) is 11.8. The van der Waals surface area contributed by atoms with Crippen LogP contribution >= 0.6 is 0 Å². The van der Waals surface area contributed by atoms with Crippen molar-refractivity contribution in [3.8, 4) is 0 Å². The second-order valence-corrected chi connectivity index (χ2v) is 5.81. The highest BCUT2D eigenvalue weighted by Crippen LogP contribution is 2.26. The van der Waals surface area contributed by atoms with Crippen LogP contribution < -0.4 is 4.90 Å². The molecule has 16 heavy (non-hydrogen) atoms. The van der Waals surface area contributed by atoms with Gasteiger partial charge in [-0.15, -0.1) is 0 Å². The number of para-hydroxylation sites is 2. The summed E-state index contributed by atoms with van der Waals surface area (Å²) in [5, 5.41) is 0. The highest BCUT2D eigenvalue weighted by atomic mass is 28.1. The van der Waals surface area contributed by atoms with Crippen molar-refractivity contribution in [2.24, 2.45) is 0 Å². The number of hydrogen-bond donors (Lipinski definition) is 0. The van der Waals surface area contributed by atoms with Crippen molar-refractivity contribution in [3.05, 3.63) is 60.7 Å². The predicted octanol–water partition coefficient (Wildman–Crippen LogP) is 2.54. The van der Waals surface area contributed by atoms with Crippen LogP contribution in [0, 0.1) is 0 Å². The van der Waals surface area contributed by atoms with E-state index in [4.69, 9.17) is 0 Å². The minimum atomic E-state index is 0.588. The third kappa shape index (κ3) is 2.34. The molecule has 0 N–H and O–H groups in total. The highest BCUT2D eigenvalue weighted by Gasteiger charge is 2.11. The standard InChI is InChI=1S/C14H17NSi/c1-12(16)15(13-8-4-2-5-9-13)14-10-6-3-7-11-14/h2-12H,1,16H3. The molecule has 0 bridgehead atoms. The van der Waals surface area contributed by atoms with Crippen LogP contribution in [0.3, 0.4) is 0 Å². The smallest absolute Gasteiger partial charge is 0.0410 e. The van der Waals surface area contributed by atoms with E-state index in [2.05, 4.69) is 72.5 Å². The molecule has 0 aliphatic heterocycles. The monoisotopic (exact) mass is 227 g/mol. The summed E-state index contributed by atoms with van der Waals surface area (Å²) in [7, 11) is 1.15. The lowest BCUT2D eigenvalue weighted by atomic mass is 10.2. The highest BCUT2D eigenvalue weighted by molar-refractivity contribution is 6.14. The summed E-state index contributed by atoms with van der Waals surface area (Å²) < 4.78 is 0. The van der Waals surface area contributed by atoms with Crippen molar-refractivity contribution in [1.82, 2.24) is 0 Å². The molecule has 0 aliphatic rings. The molecule has 1 nitrogen and oxygen atoms in total. The molecule has 0 heterocycles. The SMILES string of the molecule is CC([SiH3])N(c1ccccc1)c1ccccc1. The molecule has 0 fully saturated rings. The molecular weight excluding hydrogens is 210 g/mol. The van der Waals surface area contributed by atoms with Gasteiger partial charge in [0.15, 0.2) is 0 Å². The summed E-state index contributed by atoms with van der Waals surface area (Å²) in [6.45, 7) is 2.27. The Morgan fingerprint density at radius 1 is 0.812 bits per heavy atom. The van der Waals surface area contributed by atoms with Crippen molar-refractivity contribution in [2.75, 3.05) is 4.90 Å². The summed E-state index contributed by atoms with van der Waals surface area (Å²) in [6.07, 6.45) is 0. The Balaban J connectivity index is 2.40. The predicted molar refractivity (Wildman–Crippen MR) is 74.4 cm³/mol. The van der Waals surface area contributed by atoms with Gasteiger partial charge in [0.2, 0.25) is 0 Å². The molecule has 2 aromatic rings. The first kappa shape index (κ1) is 11.0. The van der Waals surface area contributed by atoms with Gasteiger partial charge in [0.05, 0.1) is 0 Å². The fraction of sp³-hybridized carbons (Fsp3) is 0.143. The molecule has 2 aromatic carbocycles. The van der Waals surface area contributed by atoms with Crippen molar-refractivity contribution in [3.63, 3.8) is 0 Å². The molecule has 0 aliphatic carbocycles. The third-order valence-electron chi connectivity index (χ3n) is 2.59. The molecule has 2 heteroatoms. The average Bonchev–Trinajstić information content (AvgIpc) is 2.31. The van der Waals surface area contributed by atoms with Crippen molar-refractivity contribution in [2.45, 2.75) is 12.6 Å². The Hall–Kier alpha value is -1.54. The average molecular weight is 227 g/mol. The van der Waals surface area contributed by atoms with Crippen LogP contribution in [0.1, 0.15) is 6.92 Å². The zero-order chi connectivity index (χ0) is 11.4. The van der Waals surface area contributed by atoms with Crippen LogP contribution in [0.15, 0.2) is 60.7 Å². The third-order valence-corrected chi connectivity index (χ3v) is 3.10. The summed E-state index contributed by atoms with van der Waals surface area (Å²) in [4.78, 5) is 2.40. The van der Waals surface area contributed by atoms with Crippen molar-refractivity contribution in [1.29, 1.82) is 0 Å². The molecule has 1 atom stereocenters. The first-order valence-electron chi connectivity index (χ1n) is 5.68. The van der Waals surface area contributed by atoms with E-state index in [1.807, 2.05) is 0 Å².